The number of aromatic carboxylic acids is 1. The monoisotopic (exact) mass is 518 g/mol. The average Bonchev–Trinajstić information content (AvgIpc) is 2.89. The van der Waals surface area contributed by atoms with Crippen LogP contribution in [0.25, 0.3) is 11.1 Å². The van der Waals surface area contributed by atoms with E-state index in [0.29, 0.717) is 16.8 Å². The van der Waals surface area contributed by atoms with Crippen molar-refractivity contribution in [3.05, 3.63) is 118 Å². The van der Waals surface area contributed by atoms with Gasteiger partial charge in [-0.05, 0) is 65.6 Å². The number of carbonyl (C=O) groups is 1. The highest BCUT2D eigenvalue weighted by molar-refractivity contribution is 6.30. The first-order valence-electron chi connectivity index (χ1n) is 11.4. The van der Waals surface area contributed by atoms with E-state index in [2.05, 4.69) is 10.1 Å². The van der Waals surface area contributed by atoms with Gasteiger partial charge >= 0.3 is 5.97 Å². The summed E-state index contributed by atoms with van der Waals surface area (Å²) in [5.41, 5.74) is 4.73. The maximum absolute atomic E-state index is 15.1. The summed E-state index contributed by atoms with van der Waals surface area (Å²) >= 11 is 6.00. The fourth-order valence-electron chi connectivity index (χ4n) is 4.28. The molecule has 37 heavy (non-hydrogen) atoms. The Balaban J connectivity index is 1.73. The summed E-state index contributed by atoms with van der Waals surface area (Å²) in [6.45, 7) is 1.84. The molecule has 4 aromatic rings. The summed E-state index contributed by atoms with van der Waals surface area (Å²) in [4.78, 5) is 15.6. The number of pyridine rings is 1. The number of halogens is 2. The highest BCUT2D eigenvalue weighted by Gasteiger charge is 2.22. The number of aromatic nitrogens is 1. The Morgan fingerprint density at radius 3 is 2.41 bits per heavy atom. The summed E-state index contributed by atoms with van der Waals surface area (Å²) in [6.07, 6.45) is 1.85. The van der Waals surface area contributed by atoms with Crippen molar-refractivity contribution in [3.63, 3.8) is 0 Å². The van der Waals surface area contributed by atoms with E-state index in [0.717, 1.165) is 22.4 Å². The van der Waals surface area contributed by atoms with Gasteiger partial charge in [-0.3, -0.25) is 4.98 Å². The van der Waals surface area contributed by atoms with Crippen LogP contribution in [0.2, 0.25) is 5.02 Å². The lowest BCUT2D eigenvalue weighted by Crippen LogP contribution is -2.12. The Hall–Kier alpha value is -4.23. The van der Waals surface area contributed by atoms with Crippen molar-refractivity contribution in [1.82, 2.24) is 4.98 Å². The van der Waals surface area contributed by atoms with Crippen LogP contribution in [-0.2, 0) is 0 Å². The van der Waals surface area contributed by atoms with E-state index in [1.165, 1.54) is 19.2 Å². The number of hydrogen-bond acceptors (Lipinski definition) is 5. The minimum atomic E-state index is -1.07. The third kappa shape index (κ3) is 5.78. The van der Waals surface area contributed by atoms with Crippen LogP contribution in [0, 0.1) is 12.7 Å². The van der Waals surface area contributed by atoms with E-state index in [1.807, 2.05) is 37.3 Å². The van der Waals surface area contributed by atoms with Gasteiger partial charge in [0, 0.05) is 34.8 Å². The van der Waals surface area contributed by atoms with Crippen LogP contribution in [0.3, 0.4) is 0 Å². The predicted octanol–water partition coefficient (Wildman–Crippen LogP) is 6.96. The lowest BCUT2D eigenvalue weighted by molar-refractivity contribution is 0.0693. The number of carboxylic acids is 1. The van der Waals surface area contributed by atoms with Gasteiger partial charge in [0.1, 0.15) is 17.1 Å². The van der Waals surface area contributed by atoms with Crippen molar-refractivity contribution in [2.75, 3.05) is 7.11 Å². The smallest absolute Gasteiger partial charge is 0.339 e. The zero-order chi connectivity index (χ0) is 26.5. The highest BCUT2D eigenvalue weighted by Crippen LogP contribution is 2.35. The van der Waals surface area contributed by atoms with Gasteiger partial charge in [0.25, 0.3) is 0 Å². The molecule has 0 saturated heterocycles. The first kappa shape index (κ1) is 25.9. The fraction of sp³-hybridized carbons (Fsp3) is 0.138. The molecule has 0 aliphatic heterocycles. The molecule has 0 spiro atoms. The minimum absolute atomic E-state index is 0.0725. The van der Waals surface area contributed by atoms with Crippen LogP contribution in [0.5, 0.6) is 5.75 Å². The fourth-order valence-corrected chi connectivity index (χ4v) is 4.44. The maximum Gasteiger partial charge on any atom is 0.339 e. The van der Waals surface area contributed by atoms with Gasteiger partial charge in [0.05, 0.1) is 12.8 Å². The van der Waals surface area contributed by atoms with Crippen molar-refractivity contribution in [1.29, 1.82) is 0 Å². The third-order valence-electron chi connectivity index (χ3n) is 6.16. The topological polar surface area (TPSA) is 92.0 Å². The van der Waals surface area contributed by atoms with Gasteiger partial charge in [-0.25, -0.2) is 9.18 Å². The second-order valence-corrected chi connectivity index (χ2v) is 8.93. The van der Waals surface area contributed by atoms with Crippen molar-refractivity contribution in [2.24, 2.45) is 5.16 Å². The number of benzene rings is 3. The van der Waals surface area contributed by atoms with Gasteiger partial charge in [0.2, 0.25) is 0 Å². The molecule has 1 unspecified atom stereocenters. The second kappa shape index (κ2) is 11.2. The zero-order valence-electron chi connectivity index (χ0n) is 20.2. The summed E-state index contributed by atoms with van der Waals surface area (Å²) in [5, 5.41) is 23.0. The number of aryl methyl sites for hydroxylation is 1. The second-order valence-electron chi connectivity index (χ2n) is 8.50. The van der Waals surface area contributed by atoms with Gasteiger partial charge in [-0.15, -0.1) is 0 Å². The highest BCUT2D eigenvalue weighted by atomic mass is 35.5. The first-order valence-corrected chi connectivity index (χ1v) is 11.8. The largest absolute Gasteiger partial charge is 0.496 e. The molecule has 1 heterocycles. The Kier molecular flexibility index (Phi) is 7.84. The number of methoxy groups -OCH3 is 1. The maximum atomic E-state index is 15.1. The first-order chi connectivity index (χ1) is 17.8. The van der Waals surface area contributed by atoms with Crippen molar-refractivity contribution in [2.45, 2.75) is 19.3 Å². The molecule has 4 rings (SSSR count). The normalized spacial score (nSPS) is 12.3. The number of rotatable bonds is 8. The molecule has 1 aromatic heterocycles. The molecule has 0 aliphatic carbocycles. The van der Waals surface area contributed by atoms with E-state index in [4.69, 9.17) is 16.3 Å². The van der Waals surface area contributed by atoms with Crippen molar-refractivity contribution in [3.8, 4) is 16.9 Å². The Morgan fingerprint density at radius 1 is 1.05 bits per heavy atom. The Bertz CT molecular complexity index is 1470. The van der Waals surface area contributed by atoms with Crippen LogP contribution in [-0.4, -0.2) is 34.1 Å². The lowest BCUT2D eigenvalue weighted by atomic mass is 9.84. The molecule has 2 N–H and O–H groups in total. The predicted molar refractivity (Wildman–Crippen MR) is 141 cm³/mol. The van der Waals surface area contributed by atoms with Crippen molar-refractivity contribution >= 4 is 23.3 Å². The molecular formula is C29H24ClFN2O4. The quantitative estimate of drug-likeness (QED) is 0.149. The van der Waals surface area contributed by atoms with Gasteiger partial charge in [-0.2, -0.15) is 0 Å². The molecule has 0 amide bonds. The molecule has 0 saturated carbocycles. The molecular weight excluding hydrogens is 495 g/mol. The number of carboxylic acid groups (broad SMARTS) is 1. The zero-order valence-corrected chi connectivity index (χ0v) is 20.9. The van der Waals surface area contributed by atoms with Gasteiger partial charge in [0.15, 0.2) is 0 Å². The van der Waals surface area contributed by atoms with E-state index in [-0.39, 0.29) is 22.8 Å². The Morgan fingerprint density at radius 2 is 1.78 bits per heavy atom. The molecule has 0 radical (unpaired) electrons. The summed E-state index contributed by atoms with van der Waals surface area (Å²) in [6, 6.07) is 20.4. The lowest BCUT2D eigenvalue weighted by Gasteiger charge is -2.20. The van der Waals surface area contributed by atoms with E-state index >= 15 is 4.39 Å². The summed E-state index contributed by atoms with van der Waals surface area (Å²) in [5.74, 6) is -1.75. The van der Waals surface area contributed by atoms with Crippen LogP contribution >= 0.6 is 11.6 Å². The number of oxime groups is 1. The molecule has 0 aliphatic rings. The number of hydrogen-bond donors (Lipinski definition) is 2. The van der Waals surface area contributed by atoms with Gasteiger partial charge in [-0.1, -0.05) is 53.2 Å². The minimum Gasteiger partial charge on any atom is -0.496 e. The Labute approximate surface area is 218 Å². The molecule has 3 aromatic carbocycles. The third-order valence-corrected chi connectivity index (χ3v) is 6.40. The van der Waals surface area contributed by atoms with E-state index in [9.17, 15) is 15.1 Å². The SMILES string of the molecule is COc1cc(-c2ccc(C(C/C(=N/O)c3ccnc(C)c3)c3ccc(Cl)cc3F)cc2)ccc1C(=O)O. The molecule has 8 heteroatoms. The van der Waals surface area contributed by atoms with Crippen LogP contribution in [0.15, 0.2) is 84.1 Å². The molecule has 0 bridgehead atoms. The van der Waals surface area contributed by atoms with Crippen molar-refractivity contribution < 1.29 is 24.2 Å². The molecule has 0 fully saturated rings. The van der Waals surface area contributed by atoms with Gasteiger partial charge < -0.3 is 15.1 Å². The standard InChI is InChI=1S/C29H24ClFN2O4/c1-17-13-21(11-12-32-17)27(33-36)16-25(23-10-8-22(30)15-26(23)31)19-5-3-18(4-6-19)20-7-9-24(29(34)35)28(14-20)37-2/h3-15,25,36H,16H2,1-2H3,(H,34,35)/b33-27-. The molecule has 6 nitrogen and oxygen atoms in total. The van der Waals surface area contributed by atoms with E-state index in [1.54, 1.807) is 36.5 Å². The summed E-state index contributed by atoms with van der Waals surface area (Å²) < 4.78 is 20.3. The number of nitrogens with zero attached hydrogens (tertiary/aromatic N) is 2. The molecule has 188 valence electrons. The van der Waals surface area contributed by atoms with Crippen LogP contribution in [0.4, 0.5) is 4.39 Å². The van der Waals surface area contributed by atoms with Crippen LogP contribution in [0.1, 0.15) is 45.1 Å². The molecule has 1 atom stereocenters. The average molecular weight is 519 g/mol. The van der Waals surface area contributed by atoms with Crippen LogP contribution < -0.4 is 4.74 Å². The van der Waals surface area contributed by atoms with E-state index < -0.39 is 17.7 Å². The number of ether oxygens (including phenoxy) is 1. The summed E-state index contributed by atoms with van der Waals surface area (Å²) in [7, 11) is 1.42.